The van der Waals surface area contributed by atoms with Gasteiger partial charge in [0.25, 0.3) is 0 Å². The summed E-state index contributed by atoms with van der Waals surface area (Å²) in [5.41, 5.74) is 0. The first-order valence-corrected chi connectivity index (χ1v) is 4.97. The van der Waals surface area contributed by atoms with Gasteiger partial charge in [-0.25, -0.2) is 4.79 Å². The number of carbonyl (C=O) groups is 2. The first kappa shape index (κ1) is 12.0. The molecule has 0 aliphatic carbocycles. The highest BCUT2D eigenvalue weighted by molar-refractivity contribution is 5.92. The zero-order valence-electron chi connectivity index (χ0n) is 9.05. The van der Waals surface area contributed by atoms with Gasteiger partial charge in [-0.05, 0) is 6.08 Å². The molecule has 1 aliphatic heterocycles. The number of aromatic hydroxyl groups is 2. The molecule has 1 aromatic heterocycles. The largest absolute Gasteiger partial charge is 0.492 e. The van der Waals surface area contributed by atoms with E-state index in [1.165, 1.54) is 6.08 Å². The Bertz CT molecular complexity index is 501. The summed E-state index contributed by atoms with van der Waals surface area (Å²) >= 11 is 0. The van der Waals surface area contributed by atoms with E-state index in [-0.39, 0.29) is 0 Å². The number of carbonyl (C=O) groups excluding carboxylic acids is 2. The van der Waals surface area contributed by atoms with Crippen molar-refractivity contribution in [1.82, 2.24) is 9.63 Å². The smallest absolute Gasteiger partial charge is 0.352 e. The van der Waals surface area contributed by atoms with Gasteiger partial charge < -0.3 is 20.2 Å². The summed E-state index contributed by atoms with van der Waals surface area (Å²) < 4.78 is 0.503. The van der Waals surface area contributed by atoms with Gasteiger partial charge in [0.2, 0.25) is 17.7 Å². The molecule has 2 heterocycles. The van der Waals surface area contributed by atoms with Crippen LogP contribution in [0.4, 0.5) is 0 Å². The van der Waals surface area contributed by atoms with Crippen molar-refractivity contribution in [3.63, 3.8) is 0 Å². The molecule has 1 aliphatic rings. The zero-order valence-corrected chi connectivity index (χ0v) is 9.05. The second kappa shape index (κ2) is 4.41. The van der Waals surface area contributed by atoms with Crippen molar-refractivity contribution < 1.29 is 29.7 Å². The minimum Gasteiger partial charge on any atom is -0.492 e. The highest BCUT2D eigenvalue weighted by Crippen LogP contribution is 2.18. The summed E-state index contributed by atoms with van der Waals surface area (Å²) in [5.74, 6) is -2.38. The normalized spacial score (nSPS) is 18.4. The summed E-state index contributed by atoms with van der Waals surface area (Å²) in [5, 5.41) is 27.8. The standard InChI is InChI=1S/C10H10N2O6/c13-6-1-2-7(14)11(6)5-10(17)18-12-8(15)3-4-9(12)16/h1-4,6,13,15-16H,5H2. The average molecular weight is 254 g/mol. The van der Waals surface area contributed by atoms with Crippen molar-refractivity contribution in [3.8, 4) is 11.8 Å². The fourth-order valence-electron chi connectivity index (χ4n) is 1.43. The molecule has 1 amide bonds. The Morgan fingerprint density at radius 3 is 2.44 bits per heavy atom. The molecule has 96 valence electrons. The number of nitrogens with zero attached hydrogens (tertiary/aromatic N) is 2. The molecule has 2 rings (SSSR count). The van der Waals surface area contributed by atoms with Crippen molar-refractivity contribution in [3.05, 3.63) is 24.3 Å². The molecular weight excluding hydrogens is 244 g/mol. The number of aliphatic hydroxyl groups excluding tert-OH is 1. The van der Waals surface area contributed by atoms with Crippen LogP contribution in [0.1, 0.15) is 0 Å². The minimum absolute atomic E-state index is 0.465. The lowest BCUT2D eigenvalue weighted by atomic mass is 10.5. The number of rotatable bonds is 3. The Morgan fingerprint density at radius 1 is 1.33 bits per heavy atom. The first-order chi connectivity index (χ1) is 8.49. The van der Waals surface area contributed by atoms with Crippen molar-refractivity contribution in [2.24, 2.45) is 0 Å². The number of hydrogen-bond donors (Lipinski definition) is 3. The van der Waals surface area contributed by atoms with Gasteiger partial charge in [-0.3, -0.25) is 9.69 Å². The van der Waals surface area contributed by atoms with Crippen LogP contribution in [0.3, 0.4) is 0 Å². The van der Waals surface area contributed by atoms with E-state index in [1.807, 2.05) is 0 Å². The molecule has 3 N–H and O–H groups in total. The highest BCUT2D eigenvalue weighted by atomic mass is 16.7. The number of hydrogen-bond acceptors (Lipinski definition) is 6. The number of amides is 1. The third-order valence-electron chi connectivity index (χ3n) is 2.30. The van der Waals surface area contributed by atoms with E-state index in [4.69, 9.17) is 0 Å². The van der Waals surface area contributed by atoms with Crippen LogP contribution in [0.2, 0.25) is 0 Å². The van der Waals surface area contributed by atoms with Crippen LogP contribution in [0.5, 0.6) is 11.8 Å². The van der Waals surface area contributed by atoms with Crippen LogP contribution < -0.4 is 4.84 Å². The molecule has 8 nitrogen and oxygen atoms in total. The minimum atomic E-state index is -1.18. The molecule has 18 heavy (non-hydrogen) atoms. The molecule has 0 saturated heterocycles. The predicted octanol–water partition coefficient (Wildman–Crippen LogP) is -1.43. The summed E-state index contributed by atoms with van der Waals surface area (Å²) in [7, 11) is 0. The molecule has 0 saturated carbocycles. The molecule has 0 fully saturated rings. The fraction of sp³-hybridized carbons (Fsp3) is 0.200. The van der Waals surface area contributed by atoms with E-state index < -0.39 is 36.4 Å². The Hall–Kier alpha value is -2.48. The van der Waals surface area contributed by atoms with Gasteiger partial charge >= 0.3 is 5.97 Å². The Balaban J connectivity index is 2.00. The summed E-state index contributed by atoms with van der Waals surface area (Å²) in [6.45, 7) is -0.510. The van der Waals surface area contributed by atoms with Gasteiger partial charge in [-0.2, -0.15) is 0 Å². The maximum Gasteiger partial charge on any atom is 0.352 e. The van der Waals surface area contributed by atoms with E-state index in [0.29, 0.717) is 4.73 Å². The SMILES string of the molecule is O=C(CN1C(=O)C=CC1O)On1c(O)ccc1O. The van der Waals surface area contributed by atoms with E-state index in [9.17, 15) is 24.9 Å². The van der Waals surface area contributed by atoms with Gasteiger partial charge in [0, 0.05) is 18.2 Å². The van der Waals surface area contributed by atoms with Gasteiger partial charge in [0.05, 0.1) is 0 Å². The third kappa shape index (κ3) is 2.13. The first-order valence-electron chi connectivity index (χ1n) is 4.97. The van der Waals surface area contributed by atoms with Gasteiger partial charge in [0.1, 0.15) is 12.8 Å². The van der Waals surface area contributed by atoms with Gasteiger partial charge in [0.15, 0.2) is 0 Å². The number of aromatic nitrogens is 1. The van der Waals surface area contributed by atoms with Crippen LogP contribution in [0.15, 0.2) is 24.3 Å². The van der Waals surface area contributed by atoms with E-state index in [0.717, 1.165) is 23.1 Å². The van der Waals surface area contributed by atoms with Crippen molar-refractivity contribution in [2.75, 3.05) is 6.54 Å². The number of aliphatic hydroxyl groups is 1. The molecule has 0 radical (unpaired) electrons. The van der Waals surface area contributed by atoms with E-state index >= 15 is 0 Å². The Labute approximate surface area is 101 Å². The van der Waals surface area contributed by atoms with Gasteiger partial charge in [-0.1, -0.05) is 0 Å². The summed E-state index contributed by atoms with van der Waals surface area (Å²) in [6, 6.07) is 2.25. The summed E-state index contributed by atoms with van der Waals surface area (Å²) in [4.78, 5) is 28.2. The van der Waals surface area contributed by atoms with E-state index in [1.54, 1.807) is 0 Å². The fourth-order valence-corrected chi connectivity index (χ4v) is 1.43. The lowest BCUT2D eigenvalue weighted by Crippen LogP contribution is -2.40. The zero-order chi connectivity index (χ0) is 13.3. The topological polar surface area (TPSA) is 112 Å². The van der Waals surface area contributed by atoms with Crippen LogP contribution in [-0.4, -0.2) is 49.6 Å². The molecule has 0 bridgehead atoms. The predicted molar refractivity (Wildman–Crippen MR) is 56.2 cm³/mol. The van der Waals surface area contributed by atoms with Crippen LogP contribution in [0, 0.1) is 0 Å². The van der Waals surface area contributed by atoms with Crippen LogP contribution in [-0.2, 0) is 9.59 Å². The molecule has 0 aromatic carbocycles. The van der Waals surface area contributed by atoms with Crippen molar-refractivity contribution in [1.29, 1.82) is 0 Å². The lowest BCUT2D eigenvalue weighted by molar-refractivity contribution is -0.152. The second-order valence-corrected chi connectivity index (χ2v) is 3.55. The lowest BCUT2D eigenvalue weighted by Gasteiger charge is -2.19. The molecular formula is C10H10N2O6. The van der Waals surface area contributed by atoms with Crippen LogP contribution >= 0.6 is 0 Å². The quantitative estimate of drug-likeness (QED) is 0.609. The third-order valence-corrected chi connectivity index (χ3v) is 2.30. The molecule has 1 aromatic rings. The van der Waals surface area contributed by atoms with Crippen molar-refractivity contribution in [2.45, 2.75) is 6.23 Å². The molecule has 1 atom stereocenters. The van der Waals surface area contributed by atoms with E-state index in [2.05, 4.69) is 4.84 Å². The maximum atomic E-state index is 11.5. The maximum absolute atomic E-state index is 11.5. The molecule has 1 unspecified atom stereocenters. The Morgan fingerprint density at radius 2 is 1.94 bits per heavy atom. The second-order valence-electron chi connectivity index (χ2n) is 3.55. The van der Waals surface area contributed by atoms with Crippen molar-refractivity contribution >= 4 is 11.9 Å². The molecule has 0 spiro atoms. The highest BCUT2D eigenvalue weighted by Gasteiger charge is 2.27. The average Bonchev–Trinajstić information content (AvgIpc) is 2.79. The van der Waals surface area contributed by atoms with Gasteiger partial charge in [-0.15, -0.1) is 4.73 Å². The Kier molecular flexibility index (Phi) is 2.94. The summed E-state index contributed by atoms with van der Waals surface area (Å²) in [6.07, 6.45) is 1.17. The molecule has 8 heteroatoms. The van der Waals surface area contributed by atoms with Crippen LogP contribution in [0.25, 0.3) is 0 Å². The monoisotopic (exact) mass is 254 g/mol.